The first-order valence-electron chi connectivity index (χ1n) is 7.91. The molecule has 24 heavy (non-hydrogen) atoms. The molecule has 0 radical (unpaired) electrons. The summed E-state index contributed by atoms with van der Waals surface area (Å²) in [5.41, 5.74) is 1.30. The summed E-state index contributed by atoms with van der Waals surface area (Å²) in [7, 11) is 1.66. The number of ether oxygens (including phenoxy) is 2. The van der Waals surface area contributed by atoms with Crippen LogP contribution in [0.15, 0.2) is 48.5 Å². The Bertz CT molecular complexity index is 694. The molecule has 2 aromatic carbocycles. The highest BCUT2D eigenvalue weighted by molar-refractivity contribution is 6.30. The molecule has 0 unspecified atom stereocenters. The Morgan fingerprint density at radius 3 is 2.29 bits per heavy atom. The largest absolute Gasteiger partial charge is 0.497 e. The minimum atomic E-state index is -0.121. The molecule has 1 fully saturated rings. The van der Waals surface area contributed by atoms with Crippen molar-refractivity contribution in [3.05, 3.63) is 59.1 Å². The van der Waals surface area contributed by atoms with E-state index in [-0.39, 0.29) is 17.9 Å². The zero-order valence-electron chi connectivity index (χ0n) is 13.5. The average Bonchev–Trinajstić information content (AvgIpc) is 3.41. The van der Waals surface area contributed by atoms with Crippen molar-refractivity contribution in [3.63, 3.8) is 0 Å². The lowest BCUT2D eigenvalue weighted by Crippen LogP contribution is -2.35. The second kappa shape index (κ2) is 7.14. The smallest absolute Gasteiger partial charge is 0.257 e. The Labute approximate surface area is 146 Å². The van der Waals surface area contributed by atoms with E-state index in [1.165, 1.54) is 5.56 Å². The molecule has 4 nitrogen and oxygen atoms in total. The molecular weight excluding hydrogens is 326 g/mol. The zero-order chi connectivity index (χ0) is 17.0. The Morgan fingerprint density at radius 1 is 1.08 bits per heavy atom. The average molecular weight is 346 g/mol. The molecule has 3 rings (SSSR count). The van der Waals surface area contributed by atoms with E-state index >= 15 is 0 Å². The number of hydrogen-bond acceptors (Lipinski definition) is 3. The lowest BCUT2D eigenvalue weighted by atomic mass is 9.96. The molecule has 1 aliphatic rings. The van der Waals surface area contributed by atoms with Crippen molar-refractivity contribution < 1.29 is 14.3 Å². The van der Waals surface area contributed by atoms with Gasteiger partial charge in [0.1, 0.15) is 11.5 Å². The summed E-state index contributed by atoms with van der Waals surface area (Å²) in [5.74, 6) is 1.35. The van der Waals surface area contributed by atoms with E-state index in [0.717, 1.165) is 18.6 Å². The zero-order valence-corrected chi connectivity index (χ0v) is 14.3. The van der Waals surface area contributed by atoms with Crippen LogP contribution in [0.3, 0.4) is 0 Å². The molecule has 1 amide bonds. The molecule has 1 aliphatic carbocycles. The first kappa shape index (κ1) is 16.7. The summed E-state index contributed by atoms with van der Waals surface area (Å²) in [6, 6.07) is 15.0. The Balaban J connectivity index is 1.49. The van der Waals surface area contributed by atoms with Gasteiger partial charge in [-0.25, -0.2) is 0 Å². The van der Waals surface area contributed by atoms with Gasteiger partial charge < -0.3 is 14.8 Å². The van der Waals surface area contributed by atoms with Gasteiger partial charge in [0.05, 0.1) is 7.11 Å². The molecule has 0 atom stereocenters. The maximum absolute atomic E-state index is 12.0. The van der Waals surface area contributed by atoms with Crippen molar-refractivity contribution in [2.24, 2.45) is 0 Å². The van der Waals surface area contributed by atoms with Gasteiger partial charge in [0, 0.05) is 17.0 Å². The van der Waals surface area contributed by atoms with Crippen LogP contribution >= 0.6 is 11.6 Å². The molecule has 0 aromatic heterocycles. The maximum atomic E-state index is 12.0. The van der Waals surface area contributed by atoms with E-state index in [1.54, 1.807) is 31.4 Å². The summed E-state index contributed by atoms with van der Waals surface area (Å²) >= 11 is 5.82. The van der Waals surface area contributed by atoms with Crippen molar-refractivity contribution in [1.82, 2.24) is 5.32 Å². The molecule has 0 spiro atoms. The van der Waals surface area contributed by atoms with Gasteiger partial charge >= 0.3 is 0 Å². The summed E-state index contributed by atoms with van der Waals surface area (Å²) in [6.07, 6.45) is 2.16. The van der Waals surface area contributed by atoms with Crippen LogP contribution < -0.4 is 14.8 Å². The first-order valence-corrected chi connectivity index (χ1v) is 8.29. The highest BCUT2D eigenvalue weighted by Gasteiger charge is 2.44. The Morgan fingerprint density at radius 2 is 1.71 bits per heavy atom. The fourth-order valence-corrected chi connectivity index (χ4v) is 2.79. The topological polar surface area (TPSA) is 47.6 Å². The van der Waals surface area contributed by atoms with Gasteiger partial charge in [-0.2, -0.15) is 0 Å². The van der Waals surface area contributed by atoms with Crippen molar-refractivity contribution in [1.29, 1.82) is 0 Å². The van der Waals surface area contributed by atoms with Gasteiger partial charge in [-0.3, -0.25) is 4.79 Å². The molecule has 1 N–H and O–H groups in total. The number of amides is 1. The SMILES string of the molecule is COc1ccc(C2(CNC(=O)COc3ccc(Cl)cc3)CC2)cc1. The summed E-state index contributed by atoms with van der Waals surface area (Å²) in [5, 5.41) is 3.61. The van der Waals surface area contributed by atoms with Crippen molar-refractivity contribution in [2.75, 3.05) is 20.3 Å². The Kier molecular flexibility index (Phi) is 4.95. The third-order valence-corrected chi connectivity index (χ3v) is 4.62. The molecule has 0 saturated heterocycles. The van der Waals surface area contributed by atoms with Gasteiger partial charge in [0.15, 0.2) is 6.61 Å². The molecule has 0 bridgehead atoms. The van der Waals surface area contributed by atoms with Crippen LogP contribution in [-0.4, -0.2) is 26.2 Å². The normalized spacial score (nSPS) is 14.8. The van der Waals surface area contributed by atoms with Gasteiger partial charge in [-0.1, -0.05) is 23.7 Å². The molecule has 0 aliphatic heterocycles. The Hall–Kier alpha value is -2.20. The third-order valence-electron chi connectivity index (χ3n) is 4.36. The summed E-state index contributed by atoms with van der Waals surface area (Å²) in [6.45, 7) is 0.627. The predicted molar refractivity (Wildman–Crippen MR) is 93.9 cm³/mol. The van der Waals surface area contributed by atoms with Crippen LogP contribution in [0.1, 0.15) is 18.4 Å². The first-order chi connectivity index (χ1) is 11.6. The number of hydrogen-bond donors (Lipinski definition) is 1. The van der Waals surface area contributed by atoms with Crippen LogP contribution in [-0.2, 0) is 10.2 Å². The van der Waals surface area contributed by atoms with Gasteiger partial charge in [-0.15, -0.1) is 0 Å². The van der Waals surface area contributed by atoms with Crippen molar-refractivity contribution >= 4 is 17.5 Å². The quantitative estimate of drug-likeness (QED) is 0.834. The fourth-order valence-electron chi connectivity index (χ4n) is 2.66. The lowest BCUT2D eigenvalue weighted by Gasteiger charge is -2.17. The third kappa shape index (κ3) is 4.01. The van der Waals surface area contributed by atoms with Crippen LogP contribution in [0.25, 0.3) is 0 Å². The van der Waals surface area contributed by atoms with E-state index in [0.29, 0.717) is 17.3 Å². The predicted octanol–water partition coefficient (Wildman–Crippen LogP) is 3.58. The summed E-state index contributed by atoms with van der Waals surface area (Å²) < 4.78 is 10.6. The number of rotatable bonds is 7. The van der Waals surface area contributed by atoms with Gasteiger partial charge in [0.2, 0.25) is 0 Å². The highest BCUT2D eigenvalue weighted by atomic mass is 35.5. The summed E-state index contributed by atoms with van der Waals surface area (Å²) in [4.78, 5) is 12.0. The van der Waals surface area contributed by atoms with E-state index < -0.39 is 0 Å². The number of benzene rings is 2. The number of nitrogens with one attached hydrogen (secondary N) is 1. The second-order valence-corrected chi connectivity index (χ2v) is 6.46. The van der Waals surface area contributed by atoms with E-state index in [2.05, 4.69) is 17.4 Å². The number of halogens is 1. The molecule has 5 heteroatoms. The van der Waals surface area contributed by atoms with Crippen LogP contribution in [0.2, 0.25) is 5.02 Å². The maximum Gasteiger partial charge on any atom is 0.257 e. The minimum absolute atomic E-state index is 0.000322. The number of methoxy groups -OCH3 is 1. The van der Waals surface area contributed by atoms with Gasteiger partial charge in [-0.05, 0) is 54.8 Å². The second-order valence-electron chi connectivity index (χ2n) is 6.03. The number of carbonyl (C=O) groups excluding carboxylic acids is 1. The highest BCUT2D eigenvalue weighted by Crippen LogP contribution is 2.47. The van der Waals surface area contributed by atoms with Crippen LogP contribution in [0.4, 0.5) is 0 Å². The standard InChI is InChI=1S/C19H20ClNO3/c1-23-16-6-2-14(3-7-16)19(10-11-19)13-21-18(22)12-24-17-8-4-15(20)5-9-17/h2-9H,10-13H2,1H3,(H,21,22). The van der Waals surface area contributed by atoms with E-state index in [9.17, 15) is 4.79 Å². The molecular formula is C19H20ClNO3. The molecule has 0 heterocycles. The van der Waals surface area contributed by atoms with Crippen molar-refractivity contribution in [3.8, 4) is 11.5 Å². The van der Waals surface area contributed by atoms with Gasteiger partial charge in [0.25, 0.3) is 5.91 Å². The minimum Gasteiger partial charge on any atom is -0.497 e. The van der Waals surface area contributed by atoms with Crippen LogP contribution in [0, 0.1) is 0 Å². The number of carbonyl (C=O) groups is 1. The van der Waals surface area contributed by atoms with Crippen LogP contribution in [0.5, 0.6) is 11.5 Å². The lowest BCUT2D eigenvalue weighted by molar-refractivity contribution is -0.123. The molecule has 1 saturated carbocycles. The molecule has 126 valence electrons. The molecule has 2 aromatic rings. The van der Waals surface area contributed by atoms with Crippen molar-refractivity contribution in [2.45, 2.75) is 18.3 Å². The van der Waals surface area contributed by atoms with E-state index in [1.807, 2.05) is 12.1 Å². The fraction of sp³-hybridized carbons (Fsp3) is 0.316. The van der Waals surface area contributed by atoms with E-state index in [4.69, 9.17) is 21.1 Å². The monoisotopic (exact) mass is 345 g/mol.